The van der Waals surface area contributed by atoms with E-state index in [1.807, 2.05) is 0 Å². The van der Waals surface area contributed by atoms with Crippen molar-refractivity contribution in [1.82, 2.24) is 0 Å². The molecule has 0 aliphatic heterocycles. The number of hydrogen-bond acceptors (Lipinski definition) is 3. The molecular weight excluding hydrogens is 265 g/mol. The highest BCUT2D eigenvalue weighted by Crippen LogP contribution is 2.33. The number of ether oxygens (including phenoxy) is 1. The van der Waals surface area contributed by atoms with Gasteiger partial charge in [-0.2, -0.15) is 0 Å². The zero-order chi connectivity index (χ0) is 13.3. The van der Waals surface area contributed by atoms with E-state index in [9.17, 15) is 18.3 Å². The normalized spacial score (nSPS) is 12.5. The van der Waals surface area contributed by atoms with Crippen molar-refractivity contribution in [2.24, 2.45) is 0 Å². The van der Waals surface area contributed by atoms with Gasteiger partial charge in [0.05, 0.1) is 12.7 Å². The van der Waals surface area contributed by atoms with Crippen molar-refractivity contribution in [1.29, 1.82) is 0 Å². The van der Waals surface area contributed by atoms with E-state index in [0.717, 1.165) is 11.3 Å². The van der Waals surface area contributed by atoms with Crippen molar-refractivity contribution in [2.45, 2.75) is 6.10 Å². The largest absolute Gasteiger partial charge is 0.496 e. The molecule has 1 heterocycles. The molecule has 0 aliphatic carbocycles. The second kappa shape index (κ2) is 4.99. The molecule has 2 rings (SSSR count). The number of rotatable bonds is 3. The van der Waals surface area contributed by atoms with Crippen LogP contribution >= 0.6 is 11.3 Å². The molecule has 6 heteroatoms. The van der Waals surface area contributed by atoms with Crippen molar-refractivity contribution in [3.8, 4) is 5.75 Å². The molecule has 0 fully saturated rings. The summed E-state index contributed by atoms with van der Waals surface area (Å²) in [6, 6.07) is 2.54. The summed E-state index contributed by atoms with van der Waals surface area (Å²) in [7, 11) is 1.44. The van der Waals surface area contributed by atoms with Crippen LogP contribution in [0.5, 0.6) is 5.75 Å². The molecule has 0 spiro atoms. The lowest BCUT2D eigenvalue weighted by Gasteiger charge is -2.11. The van der Waals surface area contributed by atoms with Crippen LogP contribution < -0.4 is 4.74 Å². The number of aliphatic hydroxyl groups excluding tert-OH is 1. The third-order valence-corrected chi connectivity index (χ3v) is 3.38. The van der Waals surface area contributed by atoms with Gasteiger partial charge in [0, 0.05) is 22.4 Å². The van der Waals surface area contributed by atoms with Crippen molar-refractivity contribution < 1.29 is 23.0 Å². The molecule has 0 saturated carbocycles. The van der Waals surface area contributed by atoms with E-state index in [1.54, 1.807) is 5.38 Å². The summed E-state index contributed by atoms with van der Waals surface area (Å²) in [6.07, 6.45) is -1.49. The Morgan fingerprint density at radius 2 is 1.78 bits per heavy atom. The van der Waals surface area contributed by atoms with Crippen LogP contribution in [-0.4, -0.2) is 12.2 Å². The molecule has 96 valence electrons. The first-order valence-corrected chi connectivity index (χ1v) is 5.86. The van der Waals surface area contributed by atoms with Gasteiger partial charge in [0.1, 0.15) is 29.3 Å². The zero-order valence-corrected chi connectivity index (χ0v) is 10.1. The number of methoxy groups -OCH3 is 1. The number of halogens is 3. The van der Waals surface area contributed by atoms with E-state index in [0.29, 0.717) is 22.8 Å². The molecule has 0 bridgehead atoms. The smallest absolute Gasteiger partial charge is 0.135 e. The van der Waals surface area contributed by atoms with Crippen molar-refractivity contribution in [2.75, 3.05) is 7.11 Å². The molecule has 0 saturated heterocycles. The number of thiophene rings is 1. The van der Waals surface area contributed by atoms with Crippen LogP contribution in [-0.2, 0) is 0 Å². The monoisotopic (exact) mass is 274 g/mol. The Kier molecular flexibility index (Phi) is 3.58. The molecule has 1 aromatic heterocycles. The van der Waals surface area contributed by atoms with Gasteiger partial charge in [-0.1, -0.05) is 0 Å². The lowest BCUT2D eigenvalue weighted by atomic mass is 10.1. The van der Waals surface area contributed by atoms with E-state index < -0.39 is 29.1 Å². The highest BCUT2D eigenvalue weighted by molar-refractivity contribution is 7.10. The van der Waals surface area contributed by atoms with Gasteiger partial charge in [0.2, 0.25) is 0 Å². The summed E-state index contributed by atoms with van der Waals surface area (Å²) in [6.45, 7) is 0. The topological polar surface area (TPSA) is 29.5 Å². The van der Waals surface area contributed by atoms with Crippen LogP contribution in [0.2, 0.25) is 0 Å². The maximum atomic E-state index is 13.5. The van der Waals surface area contributed by atoms with Crippen LogP contribution in [0.4, 0.5) is 13.2 Å². The summed E-state index contributed by atoms with van der Waals surface area (Å²) in [5.41, 5.74) is -0.569. The van der Waals surface area contributed by atoms with Crippen LogP contribution in [0, 0.1) is 17.5 Å². The standard InChI is InChI=1S/C12H9F3O2S/c1-17-7-4-10(18-5-7)12(16)11-8(14)2-6(13)3-9(11)15/h2-5,12,16H,1H3. The fraction of sp³-hybridized carbons (Fsp3) is 0.167. The minimum Gasteiger partial charge on any atom is -0.496 e. The first-order valence-electron chi connectivity index (χ1n) is 4.98. The first kappa shape index (κ1) is 12.9. The highest BCUT2D eigenvalue weighted by Gasteiger charge is 2.22. The Bertz CT molecular complexity index is 545. The SMILES string of the molecule is COc1csc(C(O)c2c(F)cc(F)cc2F)c1. The molecule has 2 nitrogen and oxygen atoms in total. The molecular formula is C12H9F3O2S. The van der Waals surface area contributed by atoms with Gasteiger partial charge in [-0.3, -0.25) is 0 Å². The fourth-order valence-electron chi connectivity index (χ4n) is 1.54. The lowest BCUT2D eigenvalue weighted by Crippen LogP contribution is -2.05. The third-order valence-electron chi connectivity index (χ3n) is 2.42. The maximum Gasteiger partial charge on any atom is 0.135 e. The minimum atomic E-state index is -1.49. The van der Waals surface area contributed by atoms with Crippen LogP contribution in [0.1, 0.15) is 16.5 Å². The summed E-state index contributed by atoms with van der Waals surface area (Å²) >= 11 is 1.10. The lowest BCUT2D eigenvalue weighted by molar-refractivity contribution is 0.212. The van der Waals surface area contributed by atoms with Gasteiger partial charge in [-0.05, 0) is 6.07 Å². The minimum absolute atomic E-state index is 0.316. The molecule has 2 aromatic rings. The average molecular weight is 274 g/mol. The molecule has 1 unspecified atom stereocenters. The predicted molar refractivity (Wildman–Crippen MR) is 61.2 cm³/mol. The van der Waals surface area contributed by atoms with Gasteiger partial charge in [-0.25, -0.2) is 13.2 Å². The Morgan fingerprint density at radius 1 is 1.17 bits per heavy atom. The quantitative estimate of drug-likeness (QED) is 0.931. The van der Waals surface area contributed by atoms with Gasteiger partial charge in [0.15, 0.2) is 0 Å². The Labute approximate surface area is 105 Å². The van der Waals surface area contributed by atoms with Gasteiger partial charge < -0.3 is 9.84 Å². The average Bonchev–Trinajstić information content (AvgIpc) is 2.75. The molecule has 0 aliphatic rings. The number of aliphatic hydroxyl groups is 1. The zero-order valence-electron chi connectivity index (χ0n) is 9.28. The summed E-state index contributed by atoms with van der Waals surface area (Å²) in [5, 5.41) is 11.5. The Hall–Kier alpha value is -1.53. The summed E-state index contributed by atoms with van der Waals surface area (Å²) in [4.78, 5) is 0.316. The number of hydrogen-bond donors (Lipinski definition) is 1. The first-order chi connectivity index (χ1) is 8.52. The summed E-state index contributed by atoms with van der Waals surface area (Å²) in [5.74, 6) is -2.78. The van der Waals surface area contributed by atoms with Crippen LogP contribution in [0.15, 0.2) is 23.6 Å². The highest BCUT2D eigenvalue weighted by atomic mass is 32.1. The predicted octanol–water partition coefficient (Wildman–Crippen LogP) is 3.26. The maximum absolute atomic E-state index is 13.5. The van der Waals surface area contributed by atoms with Gasteiger partial charge >= 0.3 is 0 Å². The Morgan fingerprint density at radius 3 is 2.28 bits per heavy atom. The fourth-order valence-corrected chi connectivity index (χ4v) is 2.39. The summed E-state index contributed by atoms with van der Waals surface area (Å²) < 4.78 is 44.6. The van der Waals surface area contributed by atoms with E-state index >= 15 is 0 Å². The Balaban J connectivity index is 2.42. The van der Waals surface area contributed by atoms with Gasteiger partial charge in [-0.15, -0.1) is 11.3 Å². The van der Waals surface area contributed by atoms with Crippen LogP contribution in [0.3, 0.4) is 0 Å². The van der Waals surface area contributed by atoms with E-state index in [-0.39, 0.29) is 0 Å². The third kappa shape index (κ3) is 2.34. The molecule has 0 amide bonds. The number of benzene rings is 1. The molecule has 1 N–H and O–H groups in total. The second-order valence-electron chi connectivity index (χ2n) is 3.57. The van der Waals surface area contributed by atoms with E-state index in [2.05, 4.69) is 0 Å². The molecule has 1 atom stereocenters. The second-order valence-corrected chi connectivity index (χ2v) is 4.52. The van der Waals surface area contributed by atoms with Crippen LogP contribution in [0.25, 0.3) is 0 Å². The van der Waals surface area contributed by atoms with Gasteiger partial charge in [0.25, 0.3) is 0 Å². The molecule has 18 heavy (non-hydrogen) atoms. The van der Waals surface area contributed by atoms with Crippen molar-refractivity contribution in [3.63, 3.8) is 0 Å². The molecule has 1 aromatic carbocycles. The van der Waals surface area contributed by atoms with E-state index in [4.69, 9.17) is 4.74 Å². The van der Waals surface area contributed by atoms with E-state index in [1.165, 1.54) is 13.2 Å². The molecule has 0 radical (unpaired) electrons. The van der Waals surface area contributed by atoms with Crippen molar-refractivity contribution >= 4 is 11.3 Å². The van der Waals surface area contributed by atoms with Crippen molar-refractivity contribution in [3.05, 3.63) is 51.5 Å².